The van der Waals surface area contributed by atoms with Gasteiger partial charge in [0.05, 0.1) is 5.60 Å². The third-order valence-electron chi connectivity index (χ3n) is 3.58. The lowest BCUT2D eigenvalue weighted by Gasteiger charge is -2.30. The molecule has 1 rings (SSSR count). The summed E-state index contributed by atoms with van der Waals surface area (Å²) in [7, 11) is -0.642. The molecule has 130 valence electrons. The van der Waals surface area contributed by atoms with E-state index < -0.39 is 21.8 Å². The first-order chi connectivity index (χ1) is 10.5. The van der Waals surface area contributed by atoms with Crippen molar-refractivity contribution in [2.75, 3.05) is 6.61 Å². The highest BCUT2D eigenvalue weighted by molar-refractivity contribution is 6.31. The van der Waals surface area contributed by atoms with Crippen LogP contribution in [0.1, 0.15) is 52.7 Å². The van der Waals surface area contributed by atoms with Crippen LogP contribution in [0.5, 0.6) is 0 Å². The van der Waals surface area contributed by atoms with Gasteiger partial charge < -0.3 is 14.3 Å². The molecular weight excluding hydrogens is 308 g/mol. The number of hydrogen-bond acceptors (Lipinski definition) is 3. The van der Waals surface area contributed by atoms with Crippen molar-refractivity contribution in [3.05, 3.63) is 35.4 Å². The van der Waals surface area contributed by atoms with Gasteiger partial charge in [0.15, 0.2) is 15.9 Å². The summed E-state index contributed by atoms with van der Waals surface area (Å²) < 4.78 is 11.5. The number of carbonyl (C=O) groups is 1. The number of ether oxygens (including phenoxy) is 1. The fourth-order valence-electron chi connectivity index (χ4n) is 2.16. The molecule has 0 saturated carbocycles. The quantitative estimate of drug-likeness (QED) is 0.739. The normalized spacial score (nSPS) is 14.3. The van der Waals surface area contributed by atoms with Crippen molar-refractivity contribution in [1.29, 1.82) is 0 Å². The Morgan fingerprint density at radius 2 is 1.74 bits per heavy atom. The molecule has 1 aromatic carbocycles. The summed E-state index contributed by atoms with van der Waals surface area (Å²) in [5, 5.41) is 9.41. The van der Waals surface area contributed by atoms with Crippen LogP contribution in [0.4, 0.5) is 0 Å². The fraction of sp³-hybridized carbons (Fsp3) is 0.611. The number of benzene rings is 1. The van der Waals surface area contributed by atoms with E-state index in [9.17, 15) is 4.79 Å². The Labute approximate surface area is 142 Å². The average Bonchev–Trinajstić information content (AvgIpc) is 2.44. The van der Waals surface area contributed by atoms with E-state index in [-0.39, 0.29) is 10.6 Å². The number of rotatable bonds is 8. The molecular formula is C18H30O4Si. The summed E-state index contributed by atoms with van der Waals surface area (Å²) in [5.74, 6) is -0.921. The maximum absolute atomic E-state index is 11.2. The van der Waals surface area contributed by atoms with Gasteiger partial charge >= 0.3 is 5.97 Å². The lowest BCUT2D eigenvalue weighted by Crippen LogP contribution is -2.28. The summed E-state index contributed by atoms with van der Waals surface area (Å²) in [6, 6.07) is 7.98. The minimum atomic E-state index is -0.921. The fourth-order valence-corrected chi connectivity index (χ4v) is 3.12. The van der Waals surface area contributed by atoms with Crippen LogP contribution in [0.15, 0.2) is 24.3 Å². The van der Waals surface area contributed by atoms with Crippen molar-refractivity contribution in [3.63, 3.8) is 0 Å². The number of carboxylic acid groups (broad SMARTS) is 1. The Hall–Kier alpha value is -1.17. The average molecular weight is 339 g/mol. The first kappa shape index (κ1) is 19.9. The minimum absolute atomic E-state index is 0.253. The van der Waals surface area contributed by atoms with E-state index in [1.807, 2.05) is 24.3 Å². The largest absolute Gasteiger partial charge is 0.479 e. The second kappa shape index (κ2) is 8.08. The van der Waals surface area contributed by atoms with E-state index in [0.717, 1.165) is 11.1 Å². The van der Waals surface area contributed by atoms with E-state index in [1.54, 1.807) is 6.92 Å². The van der Waals surface area contributed by atoms with E-state index in [4.69, 9.17) is 14.3 Å². The van der Waals surface area contributed by atoms with Gasteiger partial charge in [0.25, 0.3) is 0 Å². The zero-order chi connectivity index (χ0) is 17.7. The summed E-state index contributed by atoms with van der Waals surface area (Å²) in [6.07, 6.45) is -0.412. The third kappa shape index (κ3) is 6.85. The molecule has 1 N–H and O–H groups in total. The van der Waals surface area contributed by atoms with Crippen LogP contribution in [0.2, 0.25) is 5.04 Å². The second-order valence-corrected chi connectivity index (χ2v) is 10.2. The van der Waals surface area contributed by atoms with Crippen LogP contribution in [0, 0.1) is 0 Å². The maximum Gasteiger partial charge on any atom is 0.333 e. The van der Waals surface area contributed by atoms with Gasteiger partial charge in [0, 0.05) is 13.0 Å². The van der Waals surface area contributed by atoms with Crippen molar-refractivity contribution in [1.82, 2.24) is 0 Å². The lowest BCUT2D eigenvalue weighted by atomic mass is 9.96. The molecule has 0 bridgehead atoms. The van der Waals surface area contributed by atoms with Crippen LogP contribution in [-0.2, 0) is 26.0 Å². The molecule has 5 heteroatoms. The zero-order valence-corrected chi connectivity index (χ0v) is 16.6. The van der Waals surface area contributed by atoms with Gasteiger partial charge in [-0.25, -0.2) is 4.79 Å². The van der Waals surface area contributed by atoms with Gasteiger partial charge in [0.2, 0.25) is 0 Å². The monoisotopic (exact) mass is 338 g/mol. The first-order valence-corrected chi connectivity index (χ1v) is 9.41. The first-order valence-electron chi connectivity index (χ1n) is 8.13. The highest BCUT2D eigenvalue weighted by atomic mass is 28.2. The molecule has 0 radical (unpaired) electrons. The second-order valence-electron chi connectivity index (χ2n) is 7.54. The van der Waals surface area contributed by atoms with Crippen LogP contribution in [-0.4, -0.2) is 33.5 Å². The Bertz CT molecular complexity index is 503. The van der Waals surface area contributed by atoms with E-state index in [1.165, 1.54) is 0 Å². The van der Waals surface area contributed by atoms with Crippen LogP contribution in [0.25, 0.3) is 0 Å². The summed E-state index contributed by atoms with van der Waals surface area (Å²) in [4.78, 5) is 11.2. The molecule has 0 spiro atoms. The molecule has 0 aliphatic heterocycles. The van der Waals surface area contributed by atoms with Crippen LogP contribution in [0.3, 0.4) is 0 Å². The molecule has 0 aliphatic rings. The number of carboxylic acids is 1. The number of hydrogen-bond donors (Lipinski definition) is 1. The van der Waals surface area contributed by atoms with Crippen molar-refractivity contribution in [2.24, 2.45) is 0 Å². The van der Waals surface area contributed by atoms with E-state index in [2.05, 4.69) is 34.6 Å². The lowest BCUT2D eigenvalue weighted by molar-refractivity contribution is -0.149. The summed E-state index contributed by atoms with van der Waals surface area (Å²) >= 11 is 0. The van der Waals surface area contributed by atoms with Gasteiger partial charge in [-0.1, -0.05) is 45.0 Å². The van der Waals surface area contributed by atoms with Crippen LogP contribution < -0.4 is 0 Å². The molecule has 1 aromatic rings. The van der Waals surface area contributed by atoms with Crippen molar-refractivity contribution in [2.45, 2.75) is 64.7 Å². The Kier molecular flexibility index (Phi) is 6.98. The van der Waals surface area contributed by atoms with Crippen LogP contribution >= 0.6 is 0 Å². The molecule has 0 saturated heterocycles. The molecule has 0 aromatic heterocycles. The molecule has 0 aliphatic carbocycles. The summed E-state index contributed by atoms with van der Waals surface area (Å²) in [5.41, 5.74) is 1.75. The Morgan fingerprint density at radius 1 is 1.17 bits per heavy atom. The van der Waals surface area contributed by atoms with Gasteiger partial charge in [-0.15, -0.1) is 0 Å². The zero-order valence-electron chi connectivity index (χ0n) is 15.2. The number of aliphatic carboxylic acids is 1. The highest BCUT2D eigenvalue weighted by Crippen LogP contribution is 2.29. The minimum Gasteiger partial charge on any atom is -0.479 e. The Morgan fingerprint density at radius 3 is 2.17 bits per heavy atom. The standard InChI is InChI=1S/C18H30O4Si/c1-7-21-15(16(19)20)12-13-8-10-14(11-9-13)18(5,6)22-23-17(2,3)4/h8-11,15H,7,12,23H2,1-6H3,(H,19,20). The molecule has 0 amide bonds. The predicted molar refractivity (Wildman–Crippen MR) is 95.6 cm³/mol. The van der Waals surface area contributed by atoms with Crippen molar-refractivity contribution in [3.8, 4) is 0 Å². The molecule has 0 heterocycles. The molecule has 4 nitrogen and oxygen atoms in total. The topological polar surface area (TPSA) is 55.8 Å². The summed E-state index contributed by atoms with van der Waals surface area (Å²) in [6.45, 7) is 13.0. The van der Waals surface area contributed by atoms with Crippen molar-refractivity contribution < 1.29 is 19.1 Å². The SMILES string of the molecule is CCOC(Cc1ccc(C(C)(C)O[SiH2]C(C)(C)C)cc1)C(=O)O. The van der Waals surface area contributed by atoms with E-state index >= 15 is 0 Å². The van der Waals surface area contributed by atoms with Gasteiger partial charge in [-0.2, -0.15) is 0 Å². The highest BCUT2D eigenvalue weighted by Gasteiger charge is 2.25. The third-order valence-corrected chi connectivity index (χ3v) is 5.31. The van der Waals surface area contributed by atoms with Gasteiger partial charge in [-0.3, -0.25) is 0 Å². The van der Waals surface area contributed by atoms with Gasteiger partial charge in [-0.05, 0) is 36.9 Å². The van der Waals surface area contributed by atoms with Gasteiger partial charge in [0.1, 0.15) is 0 Å². The molecule has 1 unspecified atom stereocenters. The predicted octanol–water partition coefficient (Wildman–Crippen LogP) is 3.27. The smallest absolute Gasteiger partial charge is 0.333 e. The van der Waals surface area contributed by atoms with E-state index in [0.29, 0.717) is 13.0 Å². The van der Waals surface area contributed by atoms with Crippen molar-refractivity contribution >= 4 is 15.7 Å². The molecule has 23 heavy (non-hydrogen) atoms. The molecule has 0 fully saturated rings. The molecule has 1 atom stereocenters. The maximum atomic E-state index is 11.2. The Balaban J connectivity index is 2.77.